The molecule has 0 heterocycles. The number of aliphatic carboxylic acids is 1. The van der Waals surface area contributed by atoms with E-state index < -0.39 is 5.97 Å². The zero-order chi connectivity index (χ0) is 13.7. The molecule has 0 spiro atoms. The van der Waals surface area contributed by atoms with Crippen LogP contribution in [0.25, 0.3) is 0 Å². The summed E-state index contributed by atoms with van der Waals surface area (Å²) in [5, 5.41) is 8.76. The van der Waals surface area contributed by atoms with E-state index in [1.165, 1.54) is 17.5 Å². The molecule has 1 aromatic rings. The quantitative estimate of drug-likeness (QED) is 0.819. The average Bonchev–Trinajstić information content (AvgIpc) is 2.81. The van der Waals surface area contributed by atoms with Crippen molar-refractivity contribution in [1.29, 1.82) is 0 Å². The third-order valence-electron chi connectivity index (χ3n) is 3.89. The number of hydrogen-bond donors (Lipinski definition) is 1. The molecule has 1 unspecified atom stereocenters. The first-order valence-corrected chi connectivity index (χ1v) is 7.26. The molecule has 1 aliphatic rings. The van der Waals surface area contributed by atoms with Gasteiger partial charge in [0.05, 0.1) is 0 Å². The van der Waals surface area contributed by atoms with Crippen LogP contribution in [0.5, 0.6) is 0 Å². The van der Waals surface area contributed by atoms with E-state index in [9.17, 15) is 4.79 Å². The average molecular weight is 261 g/mol. The van der Waals surface area contributed by atoms with Crippen molar-refractivity contribution in [3.63, 3.8) is 0 Å². The largest absolute Gasteiger partial charge is 0.481 e. The molecule has 1 N–H and O–H groups in total. The molecule has 19 heavy (non-hydrogen) atoms. The van der Waals surface area contributed by atoms with Gasteiger partial charge in [0.1, 0.15) is 0 Å². The third-order valence-corrected chi connectivity index (χ3v) is 3.89. The molecular formula is C16H23NO2. The molecule has 0 aliphatic heterocycles. The highest BCUT2D eigenvalue weighted by Crippen LogP contribution is 2.35. The minimum absolute atomic E-state index is 0.272. The SMILES string of the molecule is CCCN(CCCC(=O)O)C1CCc2ccccc21. The van der Waals surface area contributed by atoms with E-state index in [0.717, 1.165) is 32.4 Å². The molecule has 2 rings (SSSR count). The lowest BCUT2D eigenvalue weighted by Gasteiger charge is -2.29. The van der Waals surface area contributed by atoms with Gasteiger partial charge in [0, 0.05) is 12.5 Å². The van der Waals surface area contributed by atoms with Crippen LogP contribution < -0.4 is 0 Å². The normalized spacial score (nSPS) is 17.7. The Labute approximate surface area is 115 Å². The summed E-state index contributed by atoms with van der Waals surface area (Å²) in [5.41, 5.74) is 2.91. The van der Waals surface area contributed by atoms with Crippen LogP contribution in [0.1, 0.15) is 49.8 Å². The fourth-order valence-electron chi connectivity index (χ4n) is 3.06. The number of aryl methyl sites for hydroxylation is 1. The van der Waals surface area contributed by atoms with Crippen LogP contribution in [-0.4, -0.2) is 29.1 Å². The number of nitrogens with zero attached hydrogens (tertiary/aromatic N) is 1. The lowest BCUT2D eigenvalue weighted by atomic mass is 10.1. The first-order chi connectivity index (χ1) is 9.22. The minimum atomic E-state index is -0.691. The summed E-state index contributed by atoms with van der Waals surface area (Å²) in [6, 6.07) is 9.16. The van der Waals surface area contributed by atoms with Crippen molar-refractivity contribution >= 4 is 5.97 Å². The van der Waals surface area contributed by atoms with Gasteiger partial charge < -0.3 is 5.11 Å². The Kier molecular flexibility index (Phi) is 4.97. The van der Waals surface area contributed by atoms with Crippen LogP contribution >= 0.6 is 0 Å². The van der Waals surface area contributed by atoms with Gasteiger partial charge in [0.2, 0.25) is 0 Å². The van der Waals surface area contributed by atoms with E-state index in [-0.39, 0.29) is 6.42 Å². The second kappa shape index (κ2) is 6.71. The number of carboxylic acid groups (broad SMARTS) is 1. The van der Waals surface area contributed by atoms with Gasteiger partial charge in [0.25, 0.3) is 0 Å². The van der Waals surface area contributed by atoms with Gasteiger partial charge in [0.15, 0.2) is 0 Å². The summed E-state index contributed by atoms with van der Waals surface area (Å²) < 4.78 is 0. The Hall–Kier alpha value is -1.35. The van der Waals surface area contributed by atoms with Crippen LogP contribution in [0.15, 0.2) is 24.3 Å². The molecule has 1 aromatic carbocycles. The van der Waals surface area contributed by atoms with Gasteiger partial charge in [-0.05, 0) is 49.9 Å². The van der Waals surface area contributed by atoms with Crippen molar-refractivity contribution in [3.8, 4) is 0 Å². The molecule has 3 nitrogen and oxygen atoms in total. The van der Waals surface area contributed by atoms with Crippen LogP contribution in [0, 0.1) is 0 Å². The van der Waals surface area contributed by atoms with Gasteiger partial charge in [-0.25, -0.2) is 0 Å². The van der Waals surface area contributed by atoms with E-state index >= 15 is 0 Å². The van der Waals surface area contributed by atoms with Crippen molar-refractivity contribution in [3.05, 3.63) is 35.4 Å². The maximum absolute atomic E-state index is 10.6. The van der Waals surface area contributed by atoms with E-state index in [4.69, 9.17) is 5.11 Å². The van der Waals surface area contributed by atoms with Crippen molar-refractivity contribution < 1.29 is 9.90 Å². The first kappa shape index (κ1) is 14.1. The molecule has 0 radical (unpaired) electrons. The lowest BCUT2D eigenvalue weighted by molar-refractivity contribution is -0.137. The summed E-state index contributed by atoms with van der Waals surface area (Å²) in [6.45, 7) is 4.13. The second-order valence-electron chi connectivity index (χ2n) is 5.29. The predicted molar refractivity (Wildman–Crippen MR) is 76.2 cm³/mol. The van der Waals surface area contributed by atoms with Crippen LogP contribution in [0.2, 0.25) is 0 Å². The van der Waals surface area contributed by atoms with Gasteiger partial charge in [-0.3, -0.25) is 9.69 Å². The highest BCUT2D eigenvalue weighted by atomic mass is 16.4. The predicted octanol–water partition coefficient (Wildman–Crippen LogP) is 3.25. The molecule has 0 amide bonds. The topological polar surface area (TPSA) is 40.5 Å². The molecule has 104 valence electrons. The number of hydrogen-bond acceptors (Lipinski definition) is 2. The van der Waals surface area contributed by atoms with E-state index in [1.807, 2.05) is 0 Å². The Balaban J connectivity index is 2.01. The van der Waals surface area contributed by atoms with Crippen molar-refractivity contribution in [2.24, 2.45) is 0 Å². The smallest absolute Gasteiger partial charge is 0.303 e. The fourth-order valence-corrected chi connectivity index (χ4v) is 3.06. The summed E-state index contributed by atoms with van der Waals surface area (Å²) in [6.07, 6.45) is 4.46. The van der Waals surface area contributed by atoms with Gasteiger partial charge in [-0.2, -0.15) is 0 Å². The van der Waals surface area contributed by atoms with Gasteiger partial charge >= 0.3 is 5.97 Å². The highest BCUT2D eigenvalue weighted by molar-refractivity contribution is 5.66. The van der Waals surface area contributed by atoms with Crippen molar-refractivity contribution in [2.75, 3.05) is 13.1 Å². The van der Waals surface area contributed by atoms with E-state index in [2.05, 4.69) is 36.1 Å². The number of carbonyl (C=O) groups is 1. The van der Waals surface area contributed by atoms with Crippen molar-refractivity contribution in [2.45, 2.75) is 45.1 Å². The molecule has 1 aliphatic carbocycles. The zero-order valence-corrected chi connectivity index (χ0v) is 11.6. The first-order valence-electron chi connectivity index (χ1n) is 7.26. The third kappa shape index (κ3) is 3.57. The van der Waals surface area contributed by atoms with Crippen LogP contribution in [0.4, 0.5) is 0 Å². The maximum atomic E-state index is 10.6. The molecular weight excluding hydrogens is 238 g/mol. The molecule has 0 bridgehead atoms. The Morgan fingerprint density at radius 1 is 1.37 bits per heavy atom. The number of rotatable bonds is 7. The van der Waals surface area contributed by atoms with Gasteiger partial charge in [-0.15, -0.1) is 0 Å². The van der Waals surface area contributed by atoms with Crippen LogP contribution in [0.3, 0.4) is 0 Å². The molecule has 1 atom stereocenters. The lowest BCUT2D eigenvalue weighted by Crippen LogP contribution is -2.29. The Morgan fingerprint density at radius 2 is 2.16 bits per heavy atom. The van der Waals surface area contributed by atoms with Gasteiger partial charge in [-0.1, -0.05) is 31.2 Å². The number of fused-ring (bicyclic) bond motifs is 1. The minimum Gasteiger partial charge on any atom is -0.481 e. The van der Waals surface area contributed by atoms with E-state index in [1.54, 1.807) is 0 Å². The van der Waals surface area contributed by atoms with E-state index in [0.29, 0.717) is 6.04 Å². The summed E-state index contributed by atoms with van der Waals surface area (Å²) in [7, 11) is 0. The molecule has 0 fully saturated rings. The highest BCUT2D eigenvalue weighted by Gasteiger charge is 2.26. The standard InChI is InChI=1S/C16H23NO2/c1-2-11-17(12-5-8-16(18)19)15-10-9-13-6-3-4-7-14(13)15/h3-4,6-7,15H,2,5,8-12H2,1H3,(H,18,19). The maximum Gasteiger partial charge on any atom is 0.303 e. The number of benzene rings is 1. The molecule has 0 saturated carbocycles. The fraction of sp³-hybridized carbons (Fsp3) is 0.562. The summed E-state index contributed by atoms with van der Waals surface area (Å²) >= 11 is 0. The Bertz CT molecular complexity index is 431. The zero-order valence-electron chi connectivity index (χ0n) is 11.6. The molecule has 3 heteroatoms. The van der Waals surface area contributed by atoms with Crippen LogP contribution in [-0.2, 0) is 11.2 Å². The van der Waals surface area contributed by atoms with Crippen molar-refractivity contribution in [1.82, 2.24) is 4.90 Å². The Morgan fingerprint density at radius 3 is 2.89 bits per heavy atom. The summed E-state index contributed by atoms with van der Waals surface area (Å²) in [4.78, 5) is 13.1. The molecule has 0 aromatic heterocycles. The second-order valence-corrected chi connectivity index (χ2v) is 5.29. The number of carboxylic acids is 1. The molecule has 0 saturated heterocycles. The summed E-state index contributed by atoms with van der Waals surface area (Å²) in [5.74, 6) is -0.691. The monoisotopic (exact) mass is 261 g/mol.